The predicted octanol–water partition coefficient (Wildman–Crippen LogP) is 2.68. The summed E-state index contributed by atoms with van der Waals surface area (Å²) in [6.07, 6.45) is 0.941. The molecule has 2 atom stereocenters. The van der Waals surface area contributed by atoms with Gasteiger partial charge in [-0.25, -0.2) is 0 Å². The van der Waals surface area contributed by atoms with Gasteiger partial charge >= 0.3 is 0 Å². The number of para-hydroxylation sites is 1. The molecule has 3 nitrogen and oxygen atoms in total. The molecule has 0 fully saturated rings. The van der Waals surface area contributed by atoms with Gasteiger partial charge in [0, 0.05) is 19.1 Å². The van der Waals surface area contributed by atoms with Crippen molar-refractivity contribution in [3.05, 3.63) is 29.3 Å². The van der Waals surface area contributed by atoms with E-state index in [9.17, 15) is 0 Å². The second-order valence-electron chi connectivity index (χ2n) is 5.98. The summed E-state index contributed by atoms with van der Waals surface area (Å²) in [6, 6.07) is 6.05. The molecule has 0 saturated heterocycles. The smallest absolute Gasteiger partial charge is 0.127 e. The molecule has 0 saturated carbocycles. The lowest BCUT2D eigenvalue weighted by atomic mass is 9.82. The molecule has 0 aliphatic carbocycles. The van der Waals surface area contributed by atoms with Crippen molar-refractivity contribution in [3.63, 3.8) is 0 Å². The highest BCUT2D eigenvalue weighted by atomic mass is 16.5. The third-order valence-corrected chi connectivity index (χ3v) is 3.54. The van der Waals surface area contributed by atoms with Gasteiger partial charge in [-0.3, -0.25) is 0 Å². The molecule has 2 rings (SSSR count). The highest BCUT2D eigenvalue weighted by molar-refractivity contribution is 5.46. The maximum Gasteiger partial charge on any atom is 0.127 e. The Morgan fingerprint density at radius 3 is 2.67 bits per heavy atom. The molecule has 1 aromatic rings. The quantitative estimate of drug-likeness (QED) is 0.895. The van der Waals surface area contributed by atoms with Crippen LogP contribution < -0.4 is 10.5 Å². The lowest BCUT2D eigenvalue weighted by Crippen LogP contribution is -2.38. The summed E-state index contributed by atoms with van der Waals surface area (Å²) in [5.41, 5.74) is 8.72. The summed E-state index contributed by atoms with van der Waals surface area (Å²) in [6.45, 7) is 7.19. The van der Waals surface area contributed by atoms with Crippen molar-refractivity contribution in [1.29, 1.82) is 0 Å². The second kappa shape index (κ2) is 4.90. The normalized spacial score (nSPS) is 18.1. The van der Waals surface area contributed by atoms with Crippen molar-refractivity contribution in [2.75, 3.05) is 13.7 Å². The molecule has 18 heavy (non-hydrogen) atoms. The molecule has 1 aliphatic rings. The average molecular weight is 249 g/mol. The van der Waals surface area contributed by atoms with Crippen LogP contribution in [-0.4, -0.2) is 19.8 Å². The van der Waals surface area contributed by atoms with E-state index in [1.807, 2.05) is 6.07 Å². The monoisotopic (exact) mass is 249 g/mol. The Morgan fingerprint density at radius 2 is 2.06 bits per heavy atom. The van der Waals surface area contributed by atoms with Crippen molar-refractivity contribution in [1.82, 2.24) is 0 Å². The first kappa shape index (κ1) is 13.4. The van der Waals surface area contributed by atoms with E-state index in [4.69, 9.17) is 15.2 Å². The van der Waals surface area contributed by atoms with Crippen LogP contribution >= 0.6 is 0 Å². The van der Waals surface area contributed by atoms with Crippen molar-refractivity contribution in [3.8, 4) is 5.75 Å². The van der Waals surface area contributed by atoms with E-state index in [2.05, 4.69) is 32.9 Å². The minimum Gasteiger partial charge on any atom is -0.493 e. The minimum atomic E-state index is -0.164. The van der Waals surface area contributed by atoms with Crippen molar-refractivity contribution in [2.24, 2.45) is 11.1 Å². The second-order valence-corrected chi connectivity index (χ2v) is 5.98. The fraction of sp³-hybridized carbons (Fsp3) is 0.600. The number of hydrogen-bond acceptors (Lipinski definition) is 3. The van der Waals surface area contributed by atoms with Crippen LogP contribution in [0.2, 0.25) is 0 Å². The van der Waals surface area contributed by atoms with Gasteiger partial charge in [-0.2, -0.15) is 0 Å². The van der Waals surface area contributed by atoms with Gasteiger partial charge in [0.25, 0.3) is 0 Å². The fourth-order valence-corrected chi connectivity index (χ4v) is 2.71. The molecule has 0 amide bonds. The molecular formula is C15H23NO2. The molecule has 2 N–H and O–H groups in total. The molecule has 2 unspecified atom stereocenters. The van der Waals surface area contributed by atoms with Gasteiger partial charge in [0.1, 0.15) is 5.75 Å². The van der Waals surface area contributed by atoms with Gasteiger partial charge in [-0.15, -0.1) is 0 Å². The van der Waals surface area contributed by atoms with Crippen LogP contribution in [0.25, 0.3) is 0 Å². The summed E-state index contributed by atoms with van der Waals surface area (Å²) in [7, 11) is 1.72. The summed E-state index contributed by atoms with van der Waals surface area (Å²) < 4.78 is 11.3. The topological polar surface area (TPSA) is 44.5 Å². The van der Waals surface area contributed by atoms with E-state index in [-0.39, 0.29) is 17.6 Å². The molecular weight excluding hydrogens is 226 g/mol. The maximum atomic E-state index is 6.40. The molecule has 0 aromatic heterocycles. The first-order valence-electron chi connectivity index (χ1n) is 6.48. The molecule has 0 spiro atoms. The zero-order chi connectivity index (χ0) is 13.3. The van der Waals surface area contributed by atoms with Gasteiger partial charge in [0.05, 0.1) is 18.8 Å². The zero-order valence-electron chi connectivity index (χ0n) is 11.7. The van der Waals surface area contributed by atoms with E-state index in [1.165, 1.54) is 5.56 Å². The summed E-state index contributed by atoms with van der Waals surface area (Å²) in [5.74, 6) is 0.969. The van der Waals surface area contributed by atoms with Crippen LogP contribution in [0.4, 0.5) is 0 Å². The largest absolute Gasteiger partial charge is 0.493 e. The van der Waals surface area contributed by atoms with E-state index < -0.39 is 0 Å². The predicted molar refractivity (Wildman–Crippen MR) is 72.8 cm³/mol. The van der Waals surface area contributed by atoms with E-state index in [1.54, 1.807) is 7.11 Å². The fourth-order valence-electron chi connectivity index (χ4n) is 2.71. The standard InChI is InChI=1S/C15H23NO2/c1-15(2,3)14(17-4)12(16)11-7-5-6-10-8-9-18-13(10)11/h5-7,12,14H,8-9,16H2,1-4H3. The Morgan fingerprint density at radius 1 is 1.33 bits per heavy atom. The summed E-state index contributed by atoms with van der Waals surface area (Å²) >= 11 is 0. The number of rotatable bonds is 3. The van der Waals surface area contributed by atoms with E-state index in [0.29, 0.717) is 0 Å². The lowest BCUT2D eigenvalue weighted by Gasteiger charge is -2.34. The third-order valence-electron chi connectivity index (χ3n) is 3.54. The number of ether oxygens (including phenoxy) is 2. The first-order chi connectivity index (χ1) is 8.45. The molecule has 1 aliphatic heterocycles. The van der Waals surface area contributed by atoms with Crippen molar-refractivity contribution in [2.45, 2.75) is 39.3 Å². The Bertz CT molecular complexity index is 423. The maximum absolute atomic E-state index is 6.40. The molecule has 1 heterocycles. The summed E-state index contributed by atoms with van der Waals surface area (Å²) in [4.78, 5) is 0. The summed E-state index contributed by atoms with van der Waals surface area (Å²) in [5, 5.41) is 0. The molecule has 0 radical (unpaired) electrons. The van der Waals surface area contributed by atoms with Crippen LogP contribution in [0.15, 0.2) is 18.2 Å². The van der Waals surface area contributed by atoms with Gasteiger partial charge in [-0.1, -0.05) is 39.0 Å². The SMILES string of the molecule is COC(C(N)c1cccc2c1OCC2)C(C)(C)C. The van der Waals surface area contributed by atoms with Gasteiger partial charge < -0.3 is 15.2 Å². The molecule has 100 valence electrons. The van der Waals surface area contributed by atoms with E-state index >= 15 is 0 Å². The van der Waals surface area contributed by atoms with Crippen molar-refractivity contribution < 1.29 is 9.47 Å². The van der Waals surface area contributed by atoms with Crippen LogP contribution in [-0.2, 0) is 11.2 Å². The van der Waals surface area contributed by atoms with Crippen molar-refractivity contribution >= 4 is 0 Å². The average Bonchev–Trinajstić information content (AvgIpc) is 2.75. The lowest BCUT2D eigenvalue weighted by molar-refractivity contribution is -0.00288. The van der Waals surface area contributed by atoms with Gasteiger partial charge in [0.2, 0.25) is 0 Å². The zero-order valence-corrected chi connectivity index (χ0v) is 11.7. The highest BCUT2D eigenvalue weighted by Crippen LogP contribution is 2.38. The third kappa shape index (κ3) is 2.38. The Kier molecular flexibility index (Phi) is 3.64. The van der Waals surface area contributed by atoms with Crippen LogP contribution in [0.3, 0.4) is 0 Å². The minimum absolute atomic E-state index is 0.00447. The molecule has 1 aromatic carbocycles. The number of benzene rings is 1. The van der Waals surface area contributed by atoms with Gasteiger partial charge in [0.15, 0.2) is 0 Å². The van der Waals surface area contributed by atoms with E-state index in [0.717, 1.165) is 24.3 Å². The first-order valence-corrected chi connectivity index (χ1v) is 6.48. The van der Waals surface area contributed by atoms with Crippen LogP contribution in [0, 0.1) is 5.41 Å². The van der Waals surface area contributed by atoms with Crippen LogP contribution in [0.5, 0.6) is 5.75 Å². The molecule has 0 bridgehead atoms. The number of fused-ring (bicyclic) bond motifs is 1. The van der Waals surface area contributed by atoms with Gasteiger partial charge in [-0.05, 0) is 11.0 Å². The number of nitrogens with two attached hydrogens (primary N) is 1. The number of methoxy groups -OCH3 is 1. The highest BCUT2D eigenvalue weighted by Gasteiger charge is 2.33. The number of hydrogen-bond donors (Lipinski definition) is 1. The van der Waals surface area contributed by atoms with Crippen LogP contribution in [0.1, 0.15) is 37.9 Å². The molecule has 3 heteroatoms. The Labute approximate surface area is 109 Å². The Hall–Kier alpha value is -1.06. The Balaban J connectivity index is 2.34.